The van der Waals surface area contributed by atoms with Crippen molar-refractivity contribution in [3.05, 3.63) is 0 Å². The van der Waals surface area contributed by atoms with Crippen molar-refractivity contribution in [2.45, 2.75) is 13.8 Å². The Hall–Kier alpha value is 0.230. The van der Waals surface area contributed by atoms with Gasteiger partial charge < -0.3 is 9.47 Å². The van der Waals surface area contributed by atoms with E-state index in [4.69, 9.17) is 9.47 Å². The monoisotopic (exact) mass is 221 g/mol. The van der Waals surface area contributed by atoms with Crippen LogP contribution in [0, 0.1) is 0 Å². The van der Waals surface area contributed by atoms with Gasteiger partial charge in [0.1, 0.15) is 0 Å². The third-order valence-corrected chi connectivity index (χ3v) is 2.13. The number of hydrogen-bond donors (Lipinski definition) is 1. The molecule has 0 heterocycles. The zero-order valence-electron chi connectivity index (χ0n) is 9.37. The maximum Gasteiger partial charge on any atom is 0.0593 e. The number of rotatable bonds is 10. The third kappa shape index (κ3) is 8.81. The lowest BCUT2D eigenvalue weighted by Gasteiger charge is -2.20. The molecule has 0 bridgehead atoms. The fraction of sp³-hybridized carbons (Fsp3) is 1.00. The van der Waals surface area contributed by atoms with Gasteiger partial charge in [0.2, 0.25) is 0 Å². The molecule has 0 radical (unpaired) electrons. The summed E-state index contributed by atoms with van der Waals surface area (Å²) in [5.41, 5.74) is 0. The van der Waals surface area contributed by atoms with Gasteiger partial charge >= 0.3 is 0 Å². The second-order valence-electron chi connectivity index (χ2n) is 2.96. The third-order valence-electron chi connectivity index (χ3n) is 1.93. The molecule has 86 valence electrons. The molecule has 0 aliphatic rings. The largest absolute Gasteiger partial charge is 0.380 e. The van der Waals surface area contributed by atoms with Crippen LogP contribution in [0.3, 0.4) is 0 Å². The summed E-state index contributed by atoms with van der Waals surface area (Å²) in [7, 11) is 0. The van der Waals surface area contributed by atoms with Crippen LogP contribution in [0.4, 0.5) is 0 Å². The van der Waals surface area contributed by atoms with Crippen LogP contribution in [0.15, 0.2) is 0 Å². The van der Waals surface area contributed by atoms with Crippen molar-refractivity contribution < 1.29 is 9.47 Å². The highest BCUT2D eigenvalue weighted by molar-refractivity contribution is 7.80. The Morgan fingerprint density at radius 1 is 0.929 bits per heavy atom. The molecule has 0 aliphatic heterocycles. The van der Waals surface area contributed by atoms with Gasteiger partial charge in [0.05, 0.1) is 13.2 Å². The highest BCUT2D eigenvalue weighted by Gasteiger charge is 2.02. The van der Waals surface area contributed by atoms with Crippen molar-refractivity contribution in [3.63, 3.8) is 0 Å². The Morgan fingerprint density at radius 2 is 1.43 bits per heavy atom. The molecule has 4 heteroatoms. The molecule has 0 aromatic rings. The van der Waals surface area contributed by atoms with Crippen molar-refractivity contribution in [1.82, 2.24) is 4.90 Å². The highest BCUT2D eigenvalue weighted by atomic mass is 32.1. The summed E-state index contributed by atoms with van der Waals surface area (Å²) in [4.78, 5) is 2.32. The lowest BCUT2D eigenvalue weighted by Crippen LogP contribution is -2.32. The van der Waals surface area contributed by atoms with Crippen molar-refractivity contribution in [1.29, 1.82) is 0 Å². The quantitative estimate of drug-likeness (QED) is 0.444. The predicted octanol–water partition coefficient (Wildman–Crippen LogP) is 1.29. The summed E-state index contributed by atoms with van der Waals surface area (Å²) in [6, 6.07) is 0. The maximum atomic E-state index is 5.31. The molecule has 0 rings (SSSR count). The van der Waals surface area contributed by atoms with Gasteiger partial charge in [-0.05, 0) is 13.8 Å². The van der Waals surface area contributed by atoms with Crippen LogP contribution < -0.4 is 0 Å². The summed E-state index contributed by atoms with van der Waals surface area (Å²) in [5.74, 6) is 0.887. The van der Waals surface area contributed by atoms with Crippen molar-refractivity contribution in [2.24, 2.45) is 0 Å². The zero-order valence-corrected chi connectivity index (χ0v) is 10.3. The van der Waals surface area contributed by atoms with E-state index in [1.165, 1.54) is 0 Å². The molecule has 0 aliphatic carbocycles. The molecule has 0 fully saturated rings. The Kier molecular flexibility index (Phi) is 11.5. The fourth-order valence-corrected chi connectivity index (χ4v) is 1.44. The Balaban J connectivity index is 3.44. The lowest BCUT2D eigenvalue weighted by molar-refractivity contribution is 0.0857. The predicted molar refractivity (Wildman–Crippen MR) is 63.3 cm³/mol. The van der Waals surface area contributed by atoms with Gasteiger partial charge in [0.15, 0.2) is 0 Å². The molecule has 0 N–H and O–H groups in total. The van der Waals surface area contributed by atoms with Gasteiger partial charge in [0.25, 0.3) is 0 Å². The van der Waals surface area contributed by atoms with E-state index in [2.05, 4.69) is 17.5 Å². The molecule has 0 amide bonds. The molecule has 0 unspecified atom stereocenters. The molecular formula is C10H23NO2S. The summed E-state index contributed by atoms with van der Waals surface area (Å²) >= 11 is 4.23. The van der Waals surface area contributed by atoms with Crippen LogP contribution in [0.2, 0.25) is 0 Å². The van der Waals surface area contributed by atoms with E-state index >= 15 is 0 Å². The molecule has 0 atom stereocenters. The summed E-state index contributed by atoms with van der Waals surface area (Å²) in [5, 5.41) is 0. The van der Waals surface area contributed by atoms with E-state index in [1.807, 2.05) is 13.8 Å². The van der Waals surface area contributed by atoms with Crippen LogP contribution in [-0.2, 0) is 9.47 Å². The second kappa shape index (κ2) is 11.3. The molecule has 0 saturated carbocycles. The van der Waals surface area contributed by atoms with Gasteiger partial charge in [-0.3, -0.25) is 4.90 Å². The first-order chi connectivity index (χ1) is 6.85. The Morgan fingerprint density at radius 3 is 1.79 bits per heavy atom. The van der Waals surface area contributed by atoms with Gasteiger partial charge in [-0.2, -0.15) is 12.6 Å². The summed E-state index contributed by atoms with van der Waals surface area (Å²) < 4.78 is 10.6. The van der Waals surface area contributed by atoms with E-state index in [9.17, 15) is 0 Å². The first-order valence-corrected chi connectivity index (χ1v) is 5.97. The molecule has 14 heavy (non-hydrogen) atoms. The van der Waals surface area contributed by atoms with Crippen LogP contribution >= 0.6 is 12.6 Å². The lowest BCUT2D eigenvalue weighted by atomic mass is 10.4. The average Bonchev–Trinajstić information content (AvgIpc) is 2.18. The van der Waals surface area contributed by atoms with Crippen LogP contribution in [0.5, 0.6) is 0 Å². The van der Waals surface area contributed by atoms with E-state index in [1.54, 1.807) is 0 Å². The standard InChI is InChI=1S/C10H23NO2S/c1-3-12-8-5-11(7-10-14)6-9-13-4-2/h14H,3-10H2,1-2H3. The van der Waals surface area contributed by atoms with Crippen molar-refractivity contribution >= 4 is 12.6 Å². The number of ether oxygens (including phenoxy) is 2. The van der Waals surface area contributed by atoms with E-state index in [0.29, 0.717) is 0 Å². The van der Waals surface area contributed by atoms with E-state index in [0.717, 1.165) is 51.8 Å². The van der Waals surface area contributed by atoms with Gasteiger partial charge in [-0.15, -0.1) is 0 Å². The summed E-state index contributed by atoms with van der Waals surface area (Å²) in [6.07, 6.45) is 0. The normalized spacial score (nSPS) is 11.1. The van der Waals surface area contributed by atoms with E-state index in [-0.39, 0.29) is 0 Å². The van der Waals surface area contributed by atoms with Crippen molar-refractivity contribution in [3.8, 4) is 0 Å². The number of hydrogen-bond acceptors (Lipinski definition) is 4. The molecule has 0 saturated heterocycles. The number of thiol groups is 1. The summed E-state index contributed by atoms with van der Waals surface area (Å²) in [6.45, 7) is 10.2. The average molecular weight is 221 g/mol. The topological polar surface area (TPSA) is 21.7 Å². The SMILES string of the molecule is CCOCCN(CCS)CCOCC. The van der Waals surface area contributed by atoms with Gasteiger partial charge in [0, 0.05) is 38.6 Å². The van der Waals surface area contributed by atoms with Crippen LogP contribution in [-0.4, -0.2) is 56.7 Å². The maximum absolute atomic E-state index is 5.31. The van der Waals surface area contributed by atoms with Gasteiger partial charge in [-0.25, -0.2) is 0 Å². The molecule has 0 aromatic carbocycles. The van der Waals surface area contributed by atoms with E-state index < -0.39 is 0 Å². The highest BCUT2D eigenvalue weighted by Crippen LogP contribution is 1.91. The second-order valence-corrected chi connectivity index (χ2v) is 3.41. The minimum absolute atomic E-state index is 0.792. The number of nitrogens with zero attached hydrogens (tertiary/aromatic N) is 1. The molecule has 0 spiro atoms. The smallest absolute Gasteiger partial charge is 0.0593 e. The first kappa shape index (κ1) is 14.2. The minimum Gasteiger partial charge on any atom is -0.380 e. The van der Waals surface area contributed by atoms with Crippen LogP contribution in [0.25, 0.3) is 0 Å². The molecule has 0 aromatic heterocycles. The first-order valence-electron chi connectivity index (χ1n) is 5.33. The molecular weight excluding hydrogens is 198 g/mol. The van der Waals surface area contributed by atoms with Crippen LogP contribution in [0.1, 0.15) is 13.8 Å². The minimum atomic E-state index is 0.792. The van der Waals surface area contributed by atoms with Crippen molar-refractivity contribution in [2.75, 3.05) is 51.8 Å². The zero-order chi connectivity index (χ0) is 10.6. The Bertz CT molecular complexity index is 104. The Labute approximate surface area is 93.2 Å². The molecule has 3 nitrogen and oxygen atoms in total. The van der Waals surface area contributed by atoms with Gasteiger partial charge in [-0.1, -0.05) is 0 Å². The fourth-order valence-electron chi connectivity index (χ4n) is 1.15.